The van der Waals surface area contributed by atoms with Crippen molar-refractivity contribution in [2.45, 2.75) is 66.7 Å². The molecular formula is C17H34N2S. The number of hydrogen-bond acceptors (Lipinski definition) is 2. The van der Waals surface area contributed by atoms with Crippen LogP contribution in [0, 0.1) is 16.7 Å². The zero-order valence-corrected chi connectivity index (χ0v) is 15.0. The molecule has 1 saturated heterocycles. The first-order valence-electron chi connectivity index (χ1n) is 8.15. The summed E-state index contributed by atoms with van der Waals surface area (Å²) >= 11 is 5.14. The third-order valence-electron chi connectivity index (χ3n) is 4.99. The van der Waals surface area contributed by atoms with E-state index < -0.39 is 0 Å². The van der Waals surface area contributed by atoms with Crippen LogP contribution in [0.5, 0.6) is 0 Å². The van der Waals surface area contributed by atoms with Crippen molar-refractivity contribution < 1.29 is 0 Å². The maximum atomic E-state index is 5.80. The highest BCUT2D eigenvalue weighted by atomic mass is 32.1. The Morgan fingerprint density at radius 2 is 1.80 bits per heavy atom. The van der Waals surface area contributed by atoms with Crippen molar-refractivity contribution in [1.82, 2.24) is 4.90 Å². The van der Waals surface area contributed by atoms with E-state index in [1.54, 1.807) is 0 Å². The molecule has 118 valence electrons. The van der Waals surface area contributed by atoms with Crippen LogP contribution in [0.2, 0.25) is 0 Å². The third kappa shape index (κ3) is 5.69. The molecule has 0 aromatic carbocycles. The van der Waals surface area contributed by atoms with E-state index in [-0.39, 0.29) is 5.41 Å². The maximum Gasteiger partial charge on any atom is 0.0784 e. The largest absolute Gasteiger partial charge is 0.393 e. The van der Waals surface area contributed by atoms with Gasteiger partial charge in [-0.15, -0.1) is 0 Å². The maximum absolute atomic E-state index is 5.80. The molecule has 0 bridgehead atoms. The lowest BCUT2D eigenvalue weighted by Crippen LogP contribution is -2.32. The lowest BCUT2D eigenvalue weighted by Gasteiger charge is -2.30. The van der Waals surface area contributed by atoms with Crippen LogP contribution in [0.4, 0.5) is 0 Å². The zero-order valence-electron chi connectivity index (χ0n) is 14.2. The minimum Gasteiger partial charge on any atom is -0.393 e. The van der Waals surface area contributed by atoms with Gasteiger partial charge < -0.3 is 10.6 Å². The summed E-state index contributed by atoms with van der Waals surface area (Å²) in [5.41, 5.74) is 6.27. The fourth-order valence-electron chi connectivity index (χ4n) is 3.11. The van der Waals surface area contributed by atoms with E-state index >= 15 is 0 Å². The molecule has 0 aromatic heterocycles. The number of rotatable bonds is 5. The van der Waals surface area contributed by atoms with Gasteiger partial charge in [-0.05, 0) is 63.1 Å². The molecule has 1 heterocycles. The van der Waals surface area contributed by atoms with Gasteiger partial charge in [-0.1, -0.05) is 46.8 Å². The van der Waals surface area contributed by atoms with E-state index in [4.69, 9.17) is 18.0 Å². The highest BCUT2D eigenvalue weighted by molar-refractivity contribution is 7.80. The standard InChI is InChI=1S/C17H34N2S/c1-16(2,3)14-8-6-11-19(13-9-14)12-7-10-17(4,5)15(18)20/h14H,6-13H2,1-5H3,(H2,18,20). The van der Waals surface area contributed by atoms with Gasteiger partial charge in [0.1, 0.15) is 0 Å². The fraction of sp³-hybridized carbons (Fsp3) is 0.941. The fourth-order valence-corrected chi connectivity index (χ4v) is 3.22. The second kappa shape index (κ2) is 7.22. The van der Waals surface area contributed by atoms with Crippen molar-refractivity contribution in [3.05, 3.63) is 0 Å². The van der Waals surface area contributed by atoms with Crippen LogP contribution in [-0.2, 0) is 0 Å². The van der Waals surface area contributed by atoms with Crippen LogP contribution >= 0.6 is 12.2 Å². The Morgan fingerprint density at radius 3 is 2.35 bits per heavy atom. The van der Waals surface area contributed by atoms with Crippen molar-refractivity contribution in [3.63, 3.8) is 0 Å². The van der Waals surface area contributed by atoms with Gasteiger partial charge in [-0.2, -0.15) is 0 Å². The molecule has 2 N–H and O–H groups in total. The first kappa shape index (κ1) is 17.9. The van der Waals surface area contributed by atoms with Crippen molar-refractivity contribution >= 4 is 17.2 Å². The number of likely N-dealkylation sites (tertiary alicyclic amines) is 1. The molecule has 1 rings (SSSR count). The molecule has 0 saturated carbocycles. The molecule has 0 amide bonds. The number of thiocarbonyl (C=S) groups is 1. The number of nitrogens with zero attached hydrogens (tertiary/aromatic N) is 1. The van der Waals surface area contributed by atoms with Crippen molar-refractivity contribution in [2.75, 3.05) is 19.6 Å². The summed E-state index contributed by atoms with van der Waals surface area (Å²) in [6.45, 7) is 15.2. The van der Waals surface area contributed by atoms with Gasteiger partial charge in [-0.3, -0.25) is 0 Å². The van der Waals surface area contributed by atoms with Crippen LogP contribution in [0.1, 0.15) is 66.7 Å². The van der Waals surface area contributed by atoms with Crippen molar-refractivity contribution in [1.29, 1.82) is 0 Å². The topological polar surface area (TPSA) is 29.3 Å². The molecule has 1 unspecified atom stereocenters. The second-order valence-corrected chi connectivity index (χ2v) is 8.63. The molecule has 20 heavy (non-hydrogen) atoms. The lowest BCUT2D eigenvalue weighted by molar-refractivity contribution is 0.206. The van der Waals surface area contributed by atoms with E-state index in [0.29, 0.717) is 10.4 Å². The van der Waals surface area contributed by atoms with Crippen molar-refractivity contribution in [3.8, 4) is 0 Å². The quantitative estimate of drug-likeness (QED) is 0.770. The minimum absolute atomic E-state index is 0.00906. The molecule has 1 atom stereocenters. The average molecular weight is 299 g/mol. The molecule has 1 aliphatic rings. The van der Waals surface area contributed by atoms with Crippen LogP contribution in [0.15, 0.2) is 0 Å². The minimum atomic E-state index is 0.00906. The predicted molar refractivity (Wildman–Crippen MR) is 93.0 cm³/mol. The van der Waals surface area contributed by atoms with Gasteiger partial charge in [0.05, 0.1) is 4.99 Å². The summed E-state index contributed by atoms with van der Waals surface area (Å²) < 4.78 is 0. The Morgan fingerprint density at radius 1 is 1.15 bits per heavy atom. The van der Waals surface area contributed by atoms with Gasteiger partial charge >= 0.3 is 0 Å². The van der Waals surface area contributed by atoms with Gasteiger partial charge in [0.25, 0.3) is 0 Å². The molecule has 3 heteroatoms. The van der Waals surface area contributed by atoms with E-state index in [1.807, 2.05) is 0 Å². The highest BCUT2D eigenvalue weighted by Gasteiger charge is 2.27. The first-order chi connectivity index (χ1) is 9.13. The van der Waals surface area contributed by atoms with Crippen LogP contribution in [-0.4, -0.2) is 29.5 Å². The molecule has 1 fully saturated rings. The second-order valence-electron chi connectivity index (χ2n) is 8.19. The Hall–Kier alpha value is -0.150. The Balaban J connectivity index is 2.35. The van der Waals surface area contributed by atoms with Crippen LogP contribution in [0.25, 0.3) is 0 Å². The molecule has 2 nitrogen and oxygen atoms in total. The molecule has 0 aliphatic carbocycles. The summed E-state index contributed by atoms with van der Waals surface area (Å²) in [5, 5.41) is 0. The third-order valence-corrected chi connectivity index (χ3v) is 5.54. The SMILES string of the molecule is CC(C)(CCCN1CCCC(C(C)(C)C)CC1)C(N)=S. The summed E-state index contributed by atoms with van der Waals surface area (Å²) in [6, 6.07) is 0. The van der Waals surface area contributed by atoms with Gasteiger partial charge in [0.15, 0.2) is 0 Å². The molecule has 0 aromatic rings. The highest BCUT2D eigenvalue weighted by Crippen LogP contribution is 2.34. The summed E-state index contributed by atoms with van der Waals surface area (Å²) in [4.78, 5) is 3.29. The smallest absolute Gasteiger partial charge is 0.0784 e. The molecule has 0 spiro atoms. The molecular weight excluding hydrogens is 264 g/mol. The Kier molecular flexibility index (Phi) is 6.46. The molecule has 0 radical (unpaired) electrons. The Labute approximate surface area is 131 Å². The van der Waals surface area contributed by atoms with E-state index in [0.717, 1.165) is 12.3 Å². The molecule has 1 aliphatic heterocycles. The summed E-state index contributed by atoms with van der Waals surface area (Å²) in [6.07, 6.45) is 6.38. The number of hydrogen-bond donors (Lipinski definition) is 1. The van der Waals surface area contributed by atoms with Gasteiger partial charge in [0, 0.05) is 5.41 Å². The van der Waals surface area contributed by atoms with Crippen molar-refractivity contribution in [2.24, 2.45) is 22.5 Å². The van der Waals surface area contributed by atoms with E-state index in [2.05, 4.69) is 39.5 Å². The van der Waals surface area contributed by atoms with Gasteiger partial charge in [-0.25, -0.2) is 0 Å². The number of nitrogens with two attached hydrogens (primary N) is 1. The van der Waals surface area contributed by atoms with Crippen LogP contribution in [0.3, 0.4) is 0 Å². The Bertz CT molecular complexity index is 317. The van der Waals surface area contributed by atoms with Crippen LogP contribution < -0.4 is 5.73 Å². The van der Waals surface area contributed by atoms with E-state index in [1.165, 1.54) is 45.3 Å². The normalized spacial score (nSPS) is 22.6. The monoisotopic (exact) mass is 298 g/mol. The summed E-state index contributed by atoms with van der Waals surface area (Å²) in [7, 11) is 0. The predicted octanol–water partition coefficient (Wildman–Crippen LogP) is 4.23. The first-order valence-corrected chi connectivity index (χ1v) is 8.56. The summed E-state index contributed by atoms with van der Waals surface area (Å²) in [5.74, 6) is 0.876. The van der Waals surface area contributed by atoms with Gasteiger partial charge in [0.2, 0.25) is 0 Å². The lowest BCUT2D eigenvalue weighted by atomic mass is 9.77. The van der Waals surface area contributed by atoms with E-state index in [9.17, 15) is 0 Å². The zero-order chi connectivity index (χ0) is 15.4. The average Bonchev–Trinajstić information content (AvgIpc) is 2.53.